The van der Waals surface area contributed by atoms with E-state index in [-0.39, 0.29) is 36.3 Å². The lowest BCUT2D eigenvalue weighted by atomic mass is 10.1. The summed E-state index contributed by atoms with van der Waals surface area (Å²) in [5, 5.41) is 5.27. The van der Waals surface area contributed by atoms with Crippen molar-refractivity contribution in [2.75, 3.05) is 26.2 Å². The molecular weight excluding hydrogens is 332 g/mol. The van der Waals surface area contributed by atoms with Crippen LogP contribution in [0.3, 0.4) is 0 Å². The average Bonchev–Trinajstić information content (AvgIpc) is 2.52. The lowest BCUT2D eigenvalue weighted by molar-refractivity contribution is -0.122. The van der Waals surface area contributed by atoms with Crippen LogP contribution in [0, 0.1) is 0 Å². The molecule has 4 N–H and O–H groups in total. The fourth-order valence-corrected chi connectivity index (χ4v) is 3.55. The number of sulfonamides is 1. The van der Waals surface area contributed by atoms with Crippen molar-refractivity contribution < 1.29 is 18.0 Å². The van der Waals surface area contributed by atoms with Gasteiger partial charge < -0.3 is 16.4 Å². The zero-order valence-corrected chi connectivity index (χ0v) is 14.5. The zero-order chi connectivity index (χ0) is 18.0. The molecule has 9 heteroatoms. The Morgan fingerprint density at radius 3 is 2.50 bits per heavy atom. The summed E-state index contributed by atoms with van der Waals surface area (Å²) < 4.78 is 26.1. The van der Waals surface area contributed by atoms with E-state index >= 15 is 0 Å². The molecule has 0 radical (unpaired) electrons. The molecule has 8 nitrogen and oxygen atoms in total. The molecule has 24 heavy (non-hydrogen) atoms. The summed E-state index contributed by atoms with van der Waals surface area (Å²) in [6.07, 6.45) is 0. The zero-order valence-electron chi connectivity index (χ0n) is 13.7. The molecule has 0 spiro atoms. The number of carbonyl (C=O) groups is 2. The molecule has 0 aromatic heterocycles. The van der Waals surface area contributed by atoms with E-state index in [4.69, 9.17) is 5.73 Å². The number of nitrogens with two attached hydrogens (primary N) is 1. The van der Waals surface area contributed by atoms with Crippen LogP contribution in [0.25, 0.3) is 0 Å². The van der Waals surface area contributed by atoms with Crippen LogP contribution in [0.2, 0.25) is 0 Å². The number of carbonyl (C=O) groups excluding carboxylic acids is 2. The fourth-order valence-electron chi connectivity index (χ4n) is 2.16. The molecule has 0 atom stereocenters. The molecule has 2 amide bonds. The van der Waals surface area contributed by atoms with Crippen LogP contribution in [-0.2, 0) is 14.8 Å². The number of nitrogens with zero attached hydrogens (tertiary/aromatic N) is 1. The molecule has 1 aromatic carbocycles. The van der Waals surface area contributed by atoms with Gasteiger partial charge >= 0.3 is 0 Å². The van der Waals surface area contributed by atoms with Gasteiger partial charge in [-0.3, -0.25) is 9.59 Å². The molecule has 0 saturated carbocycles. The number of hydrogen-bond donors (Lipinski definition) is 3. The largest absolute Gasteiger partial charge is 0.354 e. The van der Waals surface area contributed by atoms with Crippen LogP contribution in [-0.4, -0.2) is 56.3 Å². The van der Waals surface area contributed by atoms with Crippen LogP contribution in [0.1, 0.15) is 24.2 Å². The average molecular weight is 354 g/mol. The molecular formula is C15H22N4O4S. The summed E-state index contributed by atoms with van der Waals surface area (Å²) in [5.74, 6) is -0.653. The van der Waals surface area contributed by atoms with Gasteiger partial charge in [0.1, 0.15) is 0 Å². The summed E-state index contributed by atoms with van der Waals surface area (Å²) in [4.78, 5) is 23.4. The quantitative estimate of drug-likeness (QED) is 0.644. The summed E-state index contributed by atoms with van der Waals surface area (Å²) in [5.41, 5.74) is 5.61. The number of amides is 2. The van der Waals surface area contributed by atoms with Gasteiger partial charge in [-0.05, 0) is 38.1 Å². The monoisotopic (exact) mass is 354 g/mol. The predicted molar refractivity (Wildman–Crippen MR) is 88.8 cm³/mol. The van der Waals surface area contributed by atoms with Gasteiger partial charge in [-0.15, -0.1) is 0 Å². The molecule has 0 bridgehead atoms. The van der Waals surface area contributed by atoms with Crippen molar-refractivity contribution in [3.05, 3.63) is 29.8 Å². The second-order valence-corrected chi connectivity index (χ2v) is 8.32. The van der Waals surface area contributed by atoms with E-state index in [0.29, 0.717) is 12.1 Å². The SMILES string of the molecule is CC(C)(N)CNC(=O)c1ccc(S(=O)(=O)N2CCNC(=O)C2)cc1. The molecule has 1 aromatic rings. The molecule has 1 aliphatic heterocycles. The Hall–Kier alpha value is -1.97. The highest BCUT2D eigenvalue weighted by Gasteiger charge is 2.29. The first-order valence-electron chi connectivity index (χ1n) is 7.53. The van der Waals surface area contributed by atoms with E-state index in [1.165, 1.54) is 24.3 Å². The van der Waals surface area contributed by atoms with E-state index in [2.05, 4.69) is 10.6 Å². The van der Waals surface area contributed by atoms with Crippen LogP contribution < -0.4 is 16.4 Å². The predicted octanol–water partition coefficient (Wildman–Crippen LogP) is -0.726. The lowest BCUT2D eigenvalue weighted by Gasteiger charge is -2.25. The molecule has 132 valence electrons. The van der Waals surface area contributed by atoms with Gasteiger partial charge in [-0.1, -0.05) is 0 Å². The molecule has 1 saturated heterocycles. The first kappa shape index (κ1) is 18.4. The van der Waals surface area contributed by atoms with Crippen LogP contribution in [0.4, 0.5) is 0 Å². The van der Waals surface area contributed by atoms with E-state index in [0.717, 1.165) is 4.31 Å². The first-order chi connectivity index (χ1) is 11.1. The van der Waals surface area contributed by atoms with Crippen LogP contribution >= 0.6 is 0 Å². The fraction of sp³-hybridized carbons (Fsp3) is 0.467. The van der Waals surface area contributed by atoms with Crippen molar-refractivity contribution in [2.24, 2.45) is 5.73 Å². The first-order valence-corrected chi connectivity index (χ1v) is 8.98. The maximum Gasteiger partial charge on any atom is 0.251 e. The highest BCUT2D eigenvalue weighted by atomic mass is 32.2. The molecule has 2 rings (SSSR count). The van der Waals surface area contributed by atoms with E-state index < -0.39 is 15.6 Å². The third-order valence-corrected chi connectivity index (χ3v) is 5.32. The molecule has 1 aliphatic rings. The van der Waals surface area contributed by atoms with Crippen molar-refractivity contribution in [1.82, 2.24) is 14.9 Å². The molecule has 1 heterocycles. The Kier molecular flexibility index (Phi) is 5.26. The van der Waals surface area contributed by atoms with Crippen molar-refractivity contribution >= 4 is 21.8 Å². The van der Waals surface area contributed by atoms with Gasteiger partial charge in [0, 0.05) is 30.7 Å². The second kappa shape index (κ2) is 6.88. The van der Waals surface area contributed by atoms with Crippen LogP contribution in [0.15, 0.2) is 29.2 Å². The van der Waals surface area contributed by atoms with Gasteiger partial charge in [0.15, 0.2) is 0 Å². The third kappa shape index (κ3) is 4.53. The third-order valence-electron chi connectivity index (χ3n) is 3.46. The van der Waals surface area contributed by atoms with Crippen molar-refractivity contribution in [2.45, 2.75) is 24.3 Å². The maximum atomic E-state index is 12.5. The summed E-state index contributed by atoms with van der Waals surface area (Å²) in [7, 11) is -3.75. The Morgan fingerprint density at radius 2 is 1.96 bits per heavy atom. The normalized spacial score (nSPS) is 16.5. The number of piperazine rings is 1. The Balaban J connectivity index is 2.11. The second-order valence-electron chi connectivity index (χ2n) is 6.38. The van der Waals surface area contributed by atoms with Crippen LogP contribution in [0.5, 0.6) is 0 Å². The van der Waals surface area contributed by atoms with Gasteiger partial charge in [-0.2, -0.15) is 4.31 Å². The minimum Gasteiger partial charge on any atom is -0.354 e. The summed E-state index contributed by atoms with van der Waals surface area (Å²) in [6, 6.07) is 5.61. The van der Waals surface area contributed by atoms with Gasteiger partial charge in [-0.25, -0.2) is 8.42 Å². The van der Waals surface area contributed by atoms with Crippen molar-refractivity contribution in [3.8, 4) is 0 Å². The lowest BCUT2D eigenvalue weighted by Crippen LogP contribution is -2.49. The topological polar surface area (TPSA) is 122 Å². The van der Waals surface area contributed by atoms with Gasteiger partial charge in [0.25, 0.3) is 5.91 Å². The summed E-state index contributed by atoms with van der Waals surface area (Å²) in [6.45, 7) is 4.19. The molecule has 0 unspecified atom stereocenters. The summed E-state index contributed by atoms with van der Waals surface area (Å²) >= 11 is 0. The number of rotatable bonds is 5. The molecule has 1 fully saturated rings. The van der Waals surface area contributed by atoms with E-state index in [1.807, 2.05) is 0 Å². The number of nitrogens with one attached hydrogen (secondary N) is 2. The Bertz CT molecular complexity index is 723. The Morgan fingerprint density at radius 1 is 1.33 bits per heavy atom. The van der Waals surface area contributed by atoms with Crippen molar-refractivity contribution in [1.29, 1.82) is 0 Å². The van der Waals surface area contributed by atoms with E-state index in [1.54, 1.807) is 13.8 Å². The minimum absolute atomic E-state index is 0.0490. The highest BCUT2D eigenvalue weighted by Crippen LogP contribution is 2.17. The Labute approximate surface area is 141 Å². The molecule has 0 aliphatic carbocycles. The van der Waals surface area contributed by atoms with Crippen molar-refractivity contribution in [3.63, 3.8) is 0 Å². The smallest absolute Gasteiger partial charge is 0.251 e. The van der Waals surface area contributed by atoms with Gasteiger partial charge in [0.2, 0.25) is 15.9 Å². The van der Waals surface area contributed by atoms with Gasteiger partial charge in [0.05, 0.1) is 11.4 Å². The number of benzene rings is 1. The van der Waals surface area contributed by atoms with E-state index in [9.17, 15) is 18.0 Å². The standard InChI is InChI=1S/C15H22N4O4S/c1-15(2,16)10-18-14(21)11-3-5-12(6-4-11)24(22,23)19-8-7-17-13(20)9-19/h3-6H,7-10,16H2,1-2H3,(H,17,20)(H,18,21). The maximum absolute atomic E-state index is 12.5. The minimum atomic E-state index is -3.75. The highest BCUT2D eigenvalue weighted by molar-refractivity contribution is 7.89. The number of hydrogen-bond acceptors (Lipinski definition) is 5.